The minimum Gasteiger partial charge on any atom is -0.383 e. The van der Waals surface area contributed by atoms with Gasteiger partial charge in [-0.2, -0.15) is 0 Å². The molecular weight excluding hydrogens is 294 g/mol. The molecule has 6 heteroatoms. The Morgan fingerprint density at radius 3 is 2.65 bits per heavy atom. The number of nitrogens with one attached hydrogen (secondary N) is 3. The standard InChI is InChI=1S/C17H25N3O3/c1-23-12-11-18-16(21)14-9-5-6-10-15(14)20-17(22)19-13-7-3-2-4-8-13/h5-6,9-10,13H,2-4,7-8,11-12H2,1H3,(H,18,21)(H2,19,20,22). The van der Waals surface area contributed by atoms with Crippen LogP contribution in [0.3, 0.4) is 0 Å². The van der Waals surface area contributed by atoms with Crippen LogP contribution in [0, 0.1) is 0 Å². The van der Waals surface area contributed by atoms with E-state index in [4.69, 9.17) is 4.74 Å². The Balaban J connectivity index is 1.93. The number of methoxy groups -OCH3 is 1. The Morgan fingerprint density at radius 2 is 1.91 bits per heavy atom. The number of ether oxygens (including phenoxy) is 1. The summed E-state index contributed by atoms with van der Waals surface area (Å²) in [6.45, 7) is 0.876. The SMILES string of the molecule is COCCNC(=O)c1ccccc1NC(=O)NC1CCCCC1. The zero-order valence-corrected chi connectivity index (χ0v) is 13.6. The van der Waals surface area contributed by atoms with Crippen molar-refractivity contribution in [2.45, 2.75) is 38.1 Å². The summed E-state index contributed by atoms with van der Waals surface area (Å²) in [6, 6.07) is 6.96. The van der Waals surface area contributed by atoms with Gasteiger partial charge in [-0.15, -0.1) is 0 Å². The van der Waals surface area contributed by atoms with E-state index in [1.807, 2.05) is 0 Å². The average molecular weight is 319 g/mol. The fraction of sp³-hybridized carbons (Fsp3) is 0.529. The first-order valence-electron chi connectivity index (χ1n) is 8.14. The van der Waals surface area contributed by atoms with Crippen molar-refractivity contribution in [3.63, 3.8) is 0 Å². The predicted molar refractivity (Wildman–Crippen MR) is 89.7 cm³/mol. The van der Waals surface area contributed by atoms with Crippen LogP contribution in [0.5, 0.6) is 0 Å². The molecule has 0 radical (unpaired) electrons. The van der Waals surface area contributed by atoms with E-state index in [0.29, 0.717) is 24.4 Å². The van der Waals surface area contributed by atoms with Crippen molar-refractivity contribution in [2.24, 2.45) is 0 Å². The lowest BCUT2D eigenvalue weighted by Crippen LogP contribution is -2.39. The summed E-state index contributed by atoms with van der Waals surface area (Å²) in [7, 11) is 1.58. The highest BCUT2D eigenvalue weighted by molar-refractivity contribution is 6.03. The van der Waals surface area contributed by atoms with Crippen molar-refractivity contribution in [1.29, 1.82) is 0 Å². The average Bonchev–Trinajstić information content (AvgIpc) is 2.56. The van der Waals surface area contributed by atoms with Crippen molar-refractivity contribution in [3.05, 3.63) is 29.8 Å². The van der Waals surface area contributed by atoms with Crippen molar-refractivity contribution >= 4 is 17.6 Å². The summed E-state index contributed by atoms with van der Waals surface area (Å²) in [5, 5.41) is 8.53. The van der Waals surface area contributed by atoms with E-state index in [1.54, 1.807) is 31.4 Å². The first kappa shape index (κ1) is 17.3. The highest BCUT2D eigenvalue weighted by Gasteiger charge is 2.17. The van der Waals surface area contributed by atoms with Gasteiger partial charge in [-0.25, -0.2) is 4.79 Å². The fourth-order valence-corrected chi connectivity index (χ4v) is 2.74. The molecule has 0 unspecified atom stereocenters. The van der Waals surface area contributed by atoms with Gasteiger partial charge in [-0.05, 0) is 25.0 Å². The summed E-state index contributed by atoms with van der Waals surface area (Å²) in [5.74, 6) is -0.226. The maximum Gasteiger partial charge on any atom is 0.319 e. The lowest BCUT2D eigenvalue weighted by atomic mass is 9.96. The van der Waals surface area contributed by atoms with E-state index in [9.17, 15) is 9.59 Å². The van der Waals surface area contributed by atoms with Crippen LogP contribution >= 0.6 is 0 Å². The van der Waals surface area contributed by atoms with Crippen molar-refractivity contribution in [1.82, 2.24) is 10.6 Å². The van der Waals surface area contributed by atoms with Crippen molar-refractivity contribution in [2.75, 3.05) is 25.6 Å². The molecule has 126 valence electrons. The quantitative estimate of drug-likeness (QED) is 0.705. The van der Waals surface area contributed by atoms with Gasteiger partial charge < -0.3 is 20.7 Å². The number of carbonyl (C=O) groups excluding carboxylic acids is 2. The molecular formula is C17H25N3O3. The van der Waals surface area contributed by atoms with E-state index < -0.39 is 0 Å². The molecule has 3 N–H and O–H groups in total. The monoisotopic (exact) mass is 319 g/mol. The molecule has 1 fully saturated rings. The molecule has 0 aliphatic heterocycles. The number of urea groups is 1. The number of benzene rings is 1. The Kier molecular flexibility index (Phi) is 6.87. The maximum absolute atomic E-state index is 12.2. The Labute approximate surface area is 137 Å². The third kappa shape index (κ3) is 5.56. The molecule has 0 atom stereocenters. The fourth-order valence-electron chi connectivity index (χ4n) is 2.74. The van der Waals surface area contributed by atoms with Gasteiger partial charge in [0.05, 0.1) is 17.9 Å². The zero-order valence-electron chi connectivity index (χ0n) is 13.6. The van der Waals surface area contributed by atoms with Gasteiger partial charge in [-0.3, -0.25) is 4.79 Å². The van der Waals surface area contributed by atoms with Gasteiger partial charge in [0.25, 0.3) is 5.91 Å². The first-order valence-corrected chi connectivity index (χ1v) is 8.14. The van der Waals surface area contributed by atoms with Crippen molar-refractivity contribution in [3.8, 4) is 0 Å². The number of carbonyl (C=O) groups is 2. The molecule has 23 heavy (non-hydrogen) atoms. The molecule has 0 spiro atoms. The second kappa shape index (κ2) is 9.15. The molecule has 1 aromatic rings. The third-order valence-electron chi connectivity index (χ3n) is 3.95. The lowest BCUT2D eigenvalue weighted by Gasteiger charge is -2.23. The lowest BCUT2D eigenvalue weighted by molar-refractivity contribution is 0.0938. The predicted octanol–water partition coefficient (Wildman–Crippen LogP) is 2.52. The zero-order chi connectivity index (χ0) is 16.5. The van der Waals surface area contributed by atoms with Crippen LogP contribution in [0.4, 0.5) is 10.5 Å². The summed E-state index contributed by atoms with van der Waals surface area (Å²) in [6.07, 6.45) is 5.59. The van der Waals surface area contributed by atoms with Gasteiger partial charge in [0.2, 0.25) is 0 Å². The van der Waals surface area contributed by atoms with E-state index in [2.05, 4.69) is 16.0 Å². The van der Waals surface area contributed by atoms with Gasteiger partial charge in [0.15, 0.2) is 0 Å². The maximum atomic E-state index is 12.2. The highest BCUT2D eigenvalue weighted by atomic mass is 16.5. The number of para-hydroxylation sites is 1. The topological polar surface area (TPSA) is 79.5 Å². The second-order valence-corrected chi connectivity index (χ2v) is 5.73. The van der Waals surface area contributed by atoms with Gasteiger partial charge in [0.1, 0.15) is 0 Å². The summed E-state index contributed by atoms with van der Waals surface area (Å²) in [4.78, 5) is 24.3. The molecule has 1 aliphatic rings. The van der Waals surface area contributed by atoms with Crippen LogP contribution < -0.4 is 16.0 Å². The number of rotatable bonds is 6. The molecule has 1 aromatic carbocycles. The Hall–Kier alpha value is -2.08. The van der Waals surface area contributed by atoms with Crippen molar-refractivity contribution < 1.29 is 14.3 Å². The summed E-state index contributed by atoms with van der Waals surface area (Å²) < 4.78 is 4.91. The van der Waals surface area contributed by atoms with Gasteiger partial charge in [-0.1, -0.05) is 31.4 Å². The van der Waals surface area contributed by atoms with Gasteiger partial charge in [0, 0.05) is 19.7 Å². The Morgan fingerprint density at radius 1 is 1.17 bits per heavy atom. The summed E-state index contributed by atoms with van der Waals surface area (Å²) in [5.41, 5.74) is 0.957. The minimum atomic E-state index is -0.256. The van der Waals surface area contributed by atoms with E-state index >= 15 is 0 Å². The van der Waals surface area contributed by atoms with Crippen LogP contribution in [0.25, 0.3) is 0 Å². The molecule has 2 rings (SSSR count). The Bertz CT molecular complexity index is 528. The van der Waals surface area contributed by atoms with Crippen LogP contribution in [-0.2, 0) is 4.74 Å². The van der Waals surface area contributed by atoms with E-state index in [-0.39, 0.29) is 18.0 Å². The van der Waals surface area contributed by atoms with Gasteiger partial charge >= 0.3 is 6.03 Å². The minimum absolute atomic E-state index is 0.226. The van der Waals surface area contributed by atoms with Crippen LogP contribution in [0.1, 0.15) is 42.5 Å². The molecule has 6 nitrogen and oxygen atoms in total. The highest BCUT2D eigenvalue weighted by Crippen LogP contribution is 2.18. The number of hydrogen-bond acceptors (Lipinski definition) is 3. The van der Waals surface area contributed by atoms with Crippen LogP contribution in [0.2, 0.25) is 0 Å². The van der Waals surface area contributed by atoms with E-state index in [1.165, 1.54) is 6.42 Å². The third-order valence-corrected chi connectivity index (χ3v) is 3.95. The molecule has 3 amide bonds. The molecule has 0 saturated heterocycles. The van der Waals surface area contributed by atoms with Crippen LogP contribution in [0.15, 0.2) is 24.3 Å². The molecule has 1 saturated carbocycles. The van der Waals surface area contributed by atoms with Crippen LogP contribution in [-0.4, -0.2) is 38.2 Å². The largest absolute Gasteiger partial charge is 0.383 e. The molecule has 0 bridgehead atoms. The number of hydrogen-bond donors (Lipinski definition) is 3. The van der Waals surface area contributed by atoms with E-state index in [0.717, 1.165) is 25.7 Å². The second-order valence-electron chi connectivity index (χ2n) is 5.73. The number of amides is 3. The number of anilines is 1. The summed E-state index contributed by atoms with van der Waals surface area (Å²) >= 11 is 0. The smallest absolute Gasteiger partial charge is 0.319 e. The molecule has 1 aliphatic carbocycles. The molecule has 0 heterocycles. The normalized spacial score (nSPS) is 15.0. The first-order chi connectivity index (χ1) is 11.2. The molecule has 0 aromatic heterocycles.